The minimum Gasteiger partial charge on any atom is -0.456 e. The molecule has 0 unspecified atom stereocenters. The Kier molecular flexibility index (Phi) is 8.83. The van der Waals surface area contributed by atoms with E-state index >= 15 is 0 Å². The number of benzene rings is 2. The number of nitrogens with one attached hydrogen (secondary N) is 2. The highest BCUT2D eigenvalue weighted by Gasteiger charge is 2.11. The van der Waals surface area contributed by atoms with E-state index in [0.717, 1.165) is 0 Å². The van der Waals surface area contributed by atoms with Crippen LogP contribution < -0.4 is 10.6 Å². The number of hydrogen-bond acceptors (Lipinski definition) is 5. The van der Waals surface area contributed by atoms with Crippen LogP contribution in [0.25, 0.3) is 0 Å². The van der Waals surface area contributed by atoms with E-state index in [1.165, 1.54) is 19.1 Å². The van der Waals surface area contributed by atoms with Gasteiger partial charge in [-0.15, -0.1) is 0 Å². The molecule has 0 saturated carbocycles. The van der Waals surface area contributed by atoms with Crippen molar-refractivity contribution in [1.82, 2.24) is 0 Å². The van der Waals surface area contributed by atoms with Gasteiger partial charge in [0.2, 0.25) is 5.91 Å². The first-order valence-corrected chi connectivity index (χ1v) is 9.81. The Morgan fingerprint density at radius 3 is 2.23 bits per heavy atom. The van der Waals surface area contributed by atoms with Gasteiger partial charge in [0.05, 0.1) is 10.7 Å². The topological polar surface area (TPSA) is 102 Å². The average Bonchev–Trinajstić information content (AvgIpc) is 2.69. The lowest BCUT2D eigenvalue weighted by molar-refractivity contribution is -0.147. The monoisotopic (exact) mass is 450 g/mol. The van der Waals surface area contributed by atoms with Crippen LogP contribution in [0.2, 0.25) is 10.0 Å². The Labute approximate surface area is 183 Å². The van der Waals surface area contributed by atoms with Gasteiger partial charge in [0, 0.05) is 29.1 Å². The molecule has 0 atom stereocenters. The van der Waals surface area contributed by atoms with Gasteiger partial charge in [-0.2, -0.15) is 0 Å². The molecule has 2 amide bonds. The molecule has 0 bridgehead atoms. The maximum absolute atomic E-state index is 11.9. The maximum Gasteiger partial charge on any atom is 0.306 e. The van der Waals surface area contributed by atoms with Crippen LogP contribution in [0.4, 0.5) is 11.4 Å². The molecule has 158 valence electrons. The summed E-state index contributed by atoms with van der Waals surface area (Å²) in [6.07, 6.45) is 0.364. The van der Waals surface area contributed by atoms with E-state index in [-0.39, 0.29) is 36.0 Å². The number of ketones is 1. The van der Waals surface area contributed by atoms with E-state index in [4.69, 9.17) is 27.9 Å². The number of hydrogen-bond donors (Lipinski definition) is 2. The second kappa shape index (κ2) is 11.3. The summed E-state index contributed by atoms with van der Waals surface area (Å²) in [5.74, 6) is -1.46. The molecule has 0 saturated heterocycles. The Bertz CT molecular complexity index is 945. The summed E-state index contributed by atoms with van der Waals surface area (Å²) in [6, 6.07) is 11.1. The van der Waals surface area contributed by atoms with Crippen molar-refractivity contribution < 1.29 is 23.9 Å². The van der Waals surface area contributed by atoms with Gasteiger partial charge in [-0.1, -0.05) is 23.2 Å². The highest BCUT2D eigenvalue weighted by atomic mass is 35.5. The standard InChI is InChI=1S/C21H20Cl2N2O5/c1-13(26)14-5-8-16(9-6-14)24-19(27)3-2-4-21(29)30-12-20(28)25-18-10-7-15(22)11-17(18)23/h5-11H,2-4,12H2,1H3,(H,24,27)(H,25,28). The fraction of sp³-hybridized carbons (Fsp3) is 0.238. The zero-order valence-corrected chi connectivity index (χ0v) is 17.7. The van der Waals surface area contributed by atoms with Crippen molar-refractivity contribution in [3.63, 3.8) is 0 Å². The van der Waals surface area contributed by atoms with E-state index in [2.05, 4.69) is 10.6 Å². The van der Waals surface area contributed by atoms with Crippen molar-refractivity contribution in [2.75, 3.05) is 17.2 Å². The van der Waals surface area contributed by atoms with E-state index in [0.29, 0.717) is 22.0 Å². The molecule has 0 radical (unpaired) electrons. The van der Waals surface area contributed by atoms with Gasteiger partial charge in [-0.3, -0.25) is 19.2 Å². The van der Waals surface area contributed by atoms with Gasteiger partial charge >= 0.3 is 5.97 Å². The van der Waals surface area contributed by atoms with Gasteiger partial charge in [-0.05, 0) is 55.8 Å². The van der Waals surface area contributed by atoms with Crippen LogP contribution in [0.3, 0.4) is 0 Å². The number of halogens is 2. The lowest BCUT2D eigenvalue weighted by Gasteiger charge is -2.08. The number of ether oxygens (including phenoxy) is 1. The number of carbonyl (C=O) groups is 4. The molecule has 0 heterocycles. The molecule has 2 rings (SSSR count). The van der Waals surface area contributed by atoms with E-state index < -0.39 is 18.5 Å². The molecule has 2 aromatic carbocycles. The Hall–Kier alpha value is -2.90. The molecule has 7 nitrogen and oxygen atoms in total. The van der Waals surface area contributed by atoms with Crippen LogP contribution in [0.15, 0.2) is 42.5 Å². The van der Waals surface area contributed by atoms with Crippen LogP contribution >= 0.6 is 23.2 Å². The Balaban J connectivity index is 1.66. The van der Waals surface area contributed by atoms with Crippen molar-refractivity contribution >= 4 is 58.1 Å². The summed E-state index contributed by atoms with van der Waals surface area (Å²) < 4.78 is 4.89. The van der Waals surface area contributed by atoms with E-state index in [1.54, 1.807) is 30.3 Å². The fourth-order valence-electron chi connectivity index (χ4n) is 2.40. The van der Waals surface area contributed by atoms with Crippen LogP contribution in [0.5, 0.6) is 0 Å². The summed E-state index contributed by atoms with van der Waals surface area (Å²) in [7, 11) is 0. The van der Waals surface area contributed by atoms with Crippen LogP contribution in [-0.2, 0) is 19.1 Å². The molecule has 0 spiro atoms. The highest BCUT2D eigenvalue weighted by molar-refractivity contribution is 6.36. The van der Waals surface area contributed by atoms with Crippen molar-refractivity contribution in [3.8, 4) is 0 Å². The first-order chi connectivity index (χ1) is 14.2. The van der Waals surface area contributed by atoms with Crippen LogP contribution in [0.1, 0.15) is 36.5 Å². The van der Waals surface area contributed by atoms with Crippen LogP contribution in [0, 0.1) is 0 Å². The third-order valence-corrected chi connectivity index (χ3v) is 4.48. The molecule has 0 aliphatic heterocycles. The molecule has 0 aliphatic carbocycles. The first-order valence-electron chi connectivity index (χ1n) is 9.06. The van der Waals surface area contributed by atoms with E-state index in [1.807, 2.05) is 0 Å². The van der Waals surface area contributed by atoms with E-state index in [9.17, 15) is 19.2 Å². The predicted octanol–water partition coefficient (Wildman–Crippen LogP) is 4.49. The number of rotatable bonds is 9. The average molecular weight is 451 g/mol. The molecule has 0 aliphatic rings. The quantitative estimate of drug-likeness (QED) is 0.432. The van der Waals surface area contributed by atoms with Crippen molar-refractivity contribution in [2.24, 2.45) is 0 Å². The molecule has 9 heteroatoms. The summed E-state index contributed by atoms with van der Waals surface area (Å²) >= 11 is 11.7. The molecule has 0 aromatic heterocycles. The van der Waals surface area contributed by atoms with Gasteiger partial charge in [0.25, 0.3) is 5.91 Å². The maximum atomic E-state index is 11.9. The molecular weight excluding hydrogens is 431 g/mol. The third kappa shape index (κ3) is 7.85. The number of carbonyl (C=O) groups excluding carboxylic acids is 4. The highest BCUT2D eigenvalue weighted by Crippen LogP contribution is 2.25. The van der Waals surface area contributed by atoms with Crippen molar-refractivity contribution in [1.29, 1.82) is 0 Å². The van der Waals surface area contributed by atoms with Gasteiger partial charge < -0.3 is 15.4 Å². The number of Topliss-reactive ketones (excluding diaryl/α,β-unsaturated/α-hetero) is 1. The lowest BCUT2D eigenvalue weighted by Crippen LogP contribution is -2.21. The summed E-state index contributed by atoms with van der Waals surface area (Å²) in [5.41, 5.74) is 1.47. The first kappa shape index (κ1) is 23.4. The number of anilines is 2. The minimum absolute atomic E-state index is 0.00826. The second-order valence-corrected chi connectivity index (χ2v) is 7.21. The normalized spacial score (nSPS) is 10.2. The second-order valence-electron chi connectivity index (χ2n) is 6.37. The zero-order valence-electron chi connectivity index (χ0n) is 16.2. The largest absolute Gasteiger partial charge is 0.456 e. The summed E-state index contributed by atoms with van der Waals surface area (Å²) in [5, 5.41) is 5.89. The fourth-order valence-corrected chi connectivity index (χ4v) is 2.86. The predicted molar refractivity (Wildman–Crippen MR) is 115 cm³/mol. The lowest BCUT2D eigenvalue weighted by atomic mass is 10.1. The van der Waals surface area contributed by atoms with Gasteiger partial charge in [0.1, 0.15) is 0 Å². The Morgan fingerprint density at radius 2 is 1.60 bits per heavy atom. The smallest absolute Gasteiger partial charge is 0.306 e. The SMILES string of the molecule is CC(=O)c1ccc(NC(=O)CCCC(=O)OCC(=O)Nc2ccc(Cl)cc2Cl)cc1. The Morgan fingerprint density at radius 1 is 0.900 bits per heavy atom. The van der Waals surface area contributed by atoms with Crippen LogP contribution in [-0.4, -0.2) is 30.2 Å². The summed E-state index contributed by atoms with van der Waals surface area (Å²) in [4.78, 5) is 46.7. The molecule has 2 aromatic rings. The molecular formula is C21H20Cl2N2O5. The molecule has 0 fully saturated rings. The summed E-state index contributed by atoms with van der Waals surface area (Å²) in [6.45, 7) is 0.996. The molecule has 2 N–H and O–H groups in total. The number of esters is 1. The van der Waals surface area contributed by atoms with Gasteiger partial charge in [0.15, 0.2) is 12.4 Å². The number of amides is 2. The third-order valence-electron chi connectivity index (χ3n) is 3.93. The van der Waals surface area contributed by atoms with Crippen molar-refractivity contribution in [3.05, 3.63) is 58.1 Å². The zero-order chi connectivity index (χ0) is 22.1. The molecule has 30 heavy (non-hydrogen) atoms. The van der Waals surface area contributed by atoms with Crippen molar-refractivity contribution in [2.45, 2.75) is 26.2 Å². The minimum atomic E-state index is -0.592. The van der Waals surface area contributed by atoms with Gasteiger partial charge in [-0.25, -0.2) is 0 Å².